The van der Waals surface area contributed by atoms with Crippen molar-refractivity contribution in [1.29, 1.82) is 0 Å². The maximum atomic E-state index is 10.6. The van der Waals surface area contributed by atoms with Gasteiger partial charge in [0.15, 0.2) is 9.84 Å². The van der Waals surface area contributed by atoms with Crippen LogP contribution in [0.5, 0.6) is 0 Å². The van der Waals surface area contributed by atoms with Crippen molar-refractivity contribution >= 4 is 9.84 Å². The molecule has 0 aromatic carbocycles. The van der Waals surface area contributed by atoms with Crippen LogP contribution < -0.4 is 11.1 Å². The highest BCUT2D eigenvalue weighted by molar-refractivity contribution is 7.93. The molecule has 0 amide bonds. The predicted octanol–water partition coefficient (Wildman–Crippen LogP) is -0.213. The topological polar surface area (TPSA) is 72.2 Å². The van der Waals surface area contributed by atoms with Crippen molar-refractivity contribution in [1.82, 2.24) is 5.32 Å². The molecular formula is C6H14N2O2S. The Morgan fingerprint density at radius 2 is 2.00 bits per heavy atom. The summed E-state index contributed by atoms with van der Waals surface area (Å²) in [6, 6.07) is 0.146. The summed E-state index contributed by atoms with van der Waals surface area (Å²) in [7, 11) is -3.12. The maximum Gasteiger partial charge on any atom is 0.172 e. The molecule has 3 N–H and O–H groups in total. The van der Waals surface area contributed by atoms with E-state index in [4.69, 9.17) is 5.73 Å². The van der Waals surface area contributed by atoms with Crippen LogP contribution in [0, 0.1) is 0 Å². The highest BCUT2D eigenvalue weighted by atomic mass is 32.2. The first kappa shape index (κ1) is 10.3. The lowest BCUT2D eigenvalue weighted by atomic mass is 10.4. The molecule has 0 unspecified atom stereocenters. The summed E-state index contributed by atoms with van der Waals surface area (Å²) < 4.78 is 21.3. The second-order valence-corrected chi connectivity index (χ2v) is 4.60. The Balaban J connectivity index is 4.25. The minimum atomic E-state index is -3.12. The third-order valence-corrected chi connectivity index (χ3v) is 1.48. The molecule has 0 atom stereocenters. The summed E-state index contributed by atoms with van der Waals surface area (Å²) in [6.07, 6.45) is 1.10. The van der Waals surface area contributed by atoms with Gasteiger partial charge < -0.3 is 11.1 Å². The van der Waals surface area contributed by atoms with Crippen LogP contribution in [-0.2, 0) is 9.84 Å². The number of sulfone groups is 1. The van der Waals surface area contributed by atoms with Gasteiger partial charge in [-0.3, -0.25) is 0 Å². The van der Waals surface area contributed by atoms with Gasteiger partial charge in [-0.25, -0.2) is 8.42 Å². The first-order valence-corrected chi connectivity index (χ1v) is 5.20. The van der Waals surface area contributed by atoms with Crippen LogP contribution >= 0.6 is 0 Å². The van der Waals surface area contributed by atoms with Gasteiger partial charge >= 0.3 is 0 Å². The van der Waals surface area contributed by atoms with Crippen LogP contribution in [0.15, 0.2) is 11.2 Å². The van der Waals surface area contributed by atoms with Crippen molar-refractivity contribution in [2.24, 2.45) is 5.73 Å². The first-order valence-electron chi connectivity index (χ1n) is 3.25. The summed E-state index contributed by atoms with van der Waals surface area (Å²) in [4.78, 5) is 0. The molecule has 0 fully saturated rings. The Hall–Kier alpha value is -0.710. The zero-order chi connectivity index (χ0) is 9.07. The average molecular weight is 178 g/mol. The largest absolute Gasteiger partial charge is 0.385 e. The Morgan fingerprint density at radius 1 is 1.55 bits per heavy atom. The van der Waals surface area contributed by atoms with Gasteiger partial charge in [0, 0.05) is 12.3 Å². The van der Waals surface area contributed by atoms with E-state index >= 15 is 0 Å². The van der Waals surface area contributed by atoms with Gasteiger partial charge in [0.25, 0.3) is 0 Å². The molecule has 4 nitrogen and oxygen atoms in total. The lowest BCUT2D eigenvalue weighted by Gasteiger charge is -2.08. The number of nitrogens with one attached hydrogen (secondary N) is 1. The van der Waals surface area contributed by atoms with Crippen molar-refractivity contribution in [2.45, 2.75) is 19.9 Å². The zero-order valence-electron chi connectivity index (χ0n) is 6.96. The number of hydrogen-bond donors (Lipinski definition) is 2. The van der Waals surface area contributed by atoms with Crippen LogP contribution in [0.2, 0.25) is 0 Å². The molecule has 0 aliphatic carbocycles. The SMILES string of the molecule is CC(C)NC(N)=CS(C)(=O)=O. The van der Waals surface area contributed by atoms with Crippen molar-refractivity contribution in [3.8, 4) is 0 Å². The van der Waals surface area contributed by atoms with E-state index in [1.54, 1.807) is 0 Å². The van der Waals surface area contributed by atoms with Crippen LogP contribution in [-0.4, -0.2) is 20.7 Å². The summed E-state index contributed by atoms with van der Waals surface area (Å²) in [5, 5.41) is 3.77. The molecule has 5 heteroatoms. The smallest absolute Gasteiger partial charge is 0.172 e. The molecule has 0 radical (unpaired) electrons. The monoisotopic (exact) mass is 178 g/mol. The number of nitrogens with two attached hydrogens (primary N) is 1. The molecule has 11 heavy (non-hydrogen) atoms. The fraction of sp³-hybridized carbons (Fsp3) is 0.667. The quantitative estimate of drug-likeness (QED) is 0.627. The average Bonchev–Trinajstić information content (AvgIpc) is 1.53. The van der Waals surface area contributed by atoms with Gasteiger partial charge in [-0.05, 0) is 13.8 Å². The van der Waals surface area contributed by atoms with Gasteiger partial charge in [-0.15, -0.1) is 0 Å². The normalized spacial score (nSPS) is 13.6. The van der Waals surface area contributed by atoms with E-state index < -0.39 is 9.84 Å². The van der Waals surface area contributed by atoms with Gasteiger partial charge in [0.2, 0.25) is 0 Å². The molecule has 0 saturated carbocycles. The fourth-order valence-electron chi connectivity index (χ4n) is 0.598. The molecule has 0 aliphatic heterocycles. The van der Waals surface area contributed by atoms with Gasteiger partial charge in [0.05, 0.1) is 5.41 Å². The predicted molar refractivity (Wildman–Crippen MR) is 45.4 cm³/mol. The second kappa shape index (κ2) is 3.61. The molecule has 0 aromatic rings. The third kappa shape index (κ3) is 7.18. The van der Waals surface area contributed by atoms with E-state index in [0.29, 0.717) is 0 Å². The van der Waals surface area contributed by atoms with Gasteiger partial charge in [0.1, 0.15) is 5.82 Å². The lowest BCUT2D eigenvalue weighted by Crippen LogP contribution is -2.27. The van der Waals surface area contributed by atoms with Gasteiger partial charge in [-0.1, -0.05) is 0 Å². The van der Waals surface area contributed by atoms with E-state index in [1.807, 2.05) is 13.8 Å². The van der Waals surface area contributed by atoms with E-state index in [2.05, 4.69) is 5.32 Å². The molecule has 0 aliphatic rings. The maximum absolute atomic E-state index is 10.6. The Morgan fingerprint density at radius 3 is 2.27 bits per heavy atom. The van der Waals surface area contributed by atoms with Crippen molar-refractivity contribution in [3.63, 3.8) is 0 Å². The minimum Gasteiger partial charge on any atom is -0.385 e. The molecule has 66 valence electrons. The second-order valence-electron chi connectivity index (χ2n) is 2.70. The van der Waals surface area contributed by atoms with Crippen LogP contribution in [0.3, 0.4) is 0 Å². The van der Waals surface area contributed by atoms with Crippen LogP contribution in [0.4, 0.5) is 0 Å². The summed E-state index contributed by atoms with van der Waals surface area (Å²) >= 11 is 0. The lowest BCUT2D eigenvalue weighted by molar-refractivity contribution is 0.608. The summed E-state index contributed by atoms with van der Waals surface area (Å²) in [5.41, 5.74) is 5.33. The molecule has 0 heterocycles. The van der Waals surface area contributed by atoms with E-state index in [1.165, 1.54) is 0 Å². The zero-order valence-corrected chi connectivity index (χ0v) is 7.77. The number of hydrogen-bond acceptors (Lipinski definition) is 4. The van der Waals surface area contributed by atoms with E-state index in [0.717, 1.165) is 11.7 Å². The van der Waals surface area contributed by atoms with Crippen LogP contribution in [0.25, 0.3) is 0 Å². The summed E-state index contributed by atoms with van der Waals surface area (Å²) in [5.74, 6) is 0.183. The molecule has 0 aromatic heterocycles. The minimum absolute atomic E-state index is 0.146. The fourth-order valence-corrected chi connectivity index (χ4v) is 1.13. The molecule has 0 rings (SSSR count). The summed E-state index contributed by atoms with van der Waals surface area (Å²) in [6.45, 7) is 3.76. The molecule has 0 spiro atoms. The highest BCUT2D eigenvalue weighted by Gasteiger charge is 1.99. The standard InChI is InChI=1S/C6H14N2O2S/c1-5(2)8-6(7)4-11(3,9)10/h4-5,8H,7H2,1-3H3. The van der Waals surface area contributed by atoms with E-state index in [9.17, 15) is 8.42 Å². The van der Waals surface area contributed by atoms with Crippen LogP contribution in [0.1, 0.15) is 13.8 Å². The third-order valence-electron chi connectivity index (χ3n) is 0.796. The van der Waals surface area contributed by atoms with Crippen molar-refractivity contribution in [3.05, 3.63) is 11.2 Å². The molecule has 0 saturated heterocycles. The number of rotatable bonds is 3. The Bertz CT molecular complexity index is 241. The van der Waals surface area contributed by atoms with E-state index in [-0.39, 0.29) is 11.9 Å². The van der Waals surface area contributed by atoms with Crippen molar-refractivity contribution < 1.29 is 8.42 Å². The molecular weight excluding hydrogens is 164 g/mol. The Labute approximate surface area is 67.4 Å². The Kier molecular flexibility index (Phi) is 3.38. The highest BCUT2D eigenvalue weighted by Crippen LogP contribution is 1.89. The first-order chi connectivity index (χ1) is 4.81. The molecule has 0 bridgehead atoms. The van der Waals surface area contributed by atoms with Crippen molar-refractivity contribution in [2.75, 3.05) is 6.26 Å². The van der Waals surface area contributed by atoms with Gasteiger partial charge in [-0.2, -0.15) is 0 Å².